The number of phenolic OH excluding ortho intramolecular Hbond substituents is 2. The van der Waals surface area contributed by atoms with Gasteiger partial charge in [-0.25, -0.2) is 4.39 Å². The van der Waals surface area contributed by atoms with Gasteiger partial charge in [0.05, 0.1) is 11.1 Å². The highest BCUT2D eigenvalue weighted by Crippen LogP contribution is 2.41. The van der Waals surface area contributed by atoms with Crippen molar-refractivity contribution < 1.29 is 19.7 Å². The van der Waals surface area contributed by atoms with Gasteiger partial charge in [0.1, 0.15) is 0 Å². The quantitative estimate of drug-likeness (QED) is 0.728. The molecule has 0 amide bonds. The average molecular weight is 279 g/mol. The first-order valence-corrected chi connectivity index (χ1v) is 5.12. The molecule has 1 rings (SSSR count). The summed E-state index contributed by atoms with van der Waals surface area (Å²) in [6.45, 7) is 3.12. The van der Waals surface area contributed by atoms with Crippen LogP contribution < -0.4 is 0 Å². The van der Waals surface area contributed by atoms with Crippen LogP contribution in [0.4, 0.5) is 4.39 Å². The van der Waals surface area contributed by atoms with Crippen LogP contribution in [0.5, 0.6) is 11.5 Å². The molecule has 5 heteroatoms. The summed E-state index contributed by atoms with van der Waals surface area (Å²) in [4.78, 5) is 0. The SMILES string of the molecule is CC(C)(CO)c1cc(Br)c(F)c(O)c1O. The molecule has 0 aliphatic heterocycles. The van der Waals surface area contributed by atoms with Gasteiger partial charge in [0.25, 0.3) is 0 Å². The number of halogens is 2. The molecule has 1 aromatic rings. The minimum absolute atomic E-state index is 0.0503. The molecule has 0 atom stereocenters. The average Bonchev–Trinajstić information content (AvgIpc) is 2.20. The van der Waals surface area contributed by atoms with Crippen molar-refractivity contribution in [3.63, 3.8) is 0 Å². The fraction of sp³-hybridized carbons (Fsp3) is 0.400. The highest BCUT2D eigenvalue weighted by molar-refractivity contribution is 9.10. The maximum Gasteiger partial charge on any atom is 0.195 e. The molecule has 3 N–H and O–H groups in total. The minimum Gasteiger partial charge on any atom is -0.504 e. The van der Waals surface area contributed by atoms with Crippen LogP contribution in [0, 0.1) is 5.82 Å². The maximum absolute atomic E-state index is 13.1. The van der Waals surface area contributed by atoms with E-state index >= 15 is 0 Å². The normalized spacial score (nSPS) is 11.8. The Balaban J connectivity index is 3.45. The standard InChI is InChI=1S/C10H12BrFO3/c1-10(2,4-13)5-3-6(11)7(12)9(15)8(5)14/h3,13-15H,4H2,1-2H3. The maximum atomic E-state index is 13.1. The predicted octanol–water partition coefficient (Wildman–Crippen LogP) is 2.27. The van der Waals surface area contributed by atoms with Crippen molar-refractivity contribution in [3.05, 3.63) is 21.9 Å². The summed E-state index contributed by atoms with van der Waals surface area (Å²) in [7, 11) is 0. The van der Waals surface area contributed by atoms with E-state index in [1.54, 1.807) is 13.8 Å². The van der Waals surface area contributed by atoms with Crippen LogP contribution in [-0.4, -0.2) is 21.9 Å². The molecule has 0 spiro atoms. The van der Waals surface area contributed by atoms with Gasteiger partial charge in [-0.05, 0) is 22.0 Å². The van der Waals surface area contributed by atoms with Gasteiger partial charge in [0, 0.05) is 11.0 Å². The molecule has 84 valence electrons. The Kier molecular flexibility index (Phi) is 3.25. The van der Waals surface area contributed by atoms with Gasteiger partial charge >= 0.3 is 0 Å². The Morgan fingerprint density at radius 1 is 1.33 bits per heavy atom. The molecule has 0 aromatic heterocycles. The minimum atomic E-state index is -0.912. The molecule has 0 unspecified atom stereocenters. The number of hydrogen-bond donors (Lipinski definition) is 3. The van der Waals surface area contributed by atoms with Gasteiger partial charge < -0.3 is 15.3 Å². The molecule has 3 nitrogen and oxygen atoms in total. The highest BCUT2D eigenvalue weighted by atomic mass is 79.9. The summed E-state index contributed by atoms with van der Waals surface area (Å²) in [5.41, 5.74) is -0.464. The fourth-order valence-electron chi connectivity index (χ4n) is 1.20. The van der Waals surface area contributed by atoms with Crippen LogP contribution in [0.1, 0.15) is 19.4 Å². The lowest BCUT2D eigenvalue weighted by atomic mass is 9.85. The zero-order valence-corrected chi connectivity index (χ0v) is 9.97. The molecule has 0 radical (unpaired) electrons. The van der Waals surface area contributed by atoms with Gasteiger partial charge in [-0.1, -0.05) is 13.8 Å². The van der Waals surface area contributed by atoms with E-state index in [1.165, 1.54) is 6.07 Å². The molecular formula is C10H12BrFO3. The molecule has 0 aliphatic carbocycles. The monoisotopic (exact) mass is 278 g/mol. The zero-order valence-electron chi connectivity index (χ0n) is 8.38. The third-order valence-electron chi connectivity index (χ3n) is 2.29. The molecule has 0 fully saturated rings. The first kappa shape index (κ1) is 12.3. The Morgan fingerprint density at radius 2 is 1.87 bits per heavy atom. The van der Waals surface area contributed by atoms with E-state index in [4.69, 9.17) is 5.11 Å². The summed E-state index contributed by atoms with van der Waals surface area (Å²) in [5.74, 6) is -2.25. The Labute approximate surface area is 95.3 Å². The number of rotatable bonds is 2. The number of aliphatic hydroxyl groups is 1. The molecular weight excluding hydrogens is 267 g/mol. The summed E-state index contributed by atoms with van der Waals surface area (Å²) in [6, 6.07) is 1.35. The second-order valence-corrected chi connectivity index (χ2v) is 4.81. The van der Waals surface area contributed by atoms with E-state index in [9.17, 15) is 14.6 Å². The second-order valence-electron chi connectivity index (χ2n) is 3.96. The third kappa shape index (κ3) is 2.08. The van der Waals surface area contributed by atoms with Crippen molar-refractivity contribution >= 4 is 15.9 Å². The van der Waals surface area contributed by atoms with Crippen molar-refractivity contribution in [3.8, 4) is 11.5 Å². The number of aromatic hydroxyl groups is 2. The smallest absolute Gasteiger partial charge is 0.195 e. The lowest BCUT2D eigenvalue weighted by molar-refractivity contribution is 0.214. The number of benzene rings is 1. The van der Waals surface area contributed by atoms with Crippen LogP contribution in [0.15, 0.2) is 10.5 Å². The second kappa shape index (κ2) is 3.98. The third-order valence-corrected chi connectivity index (χ3v) is 2.87. The van der Waals surface area contributed by atoms with Crippen LogP contribution in [-0.2, 0) is 5.41 Å². The Morgan fingerprint density at radius 3 is 2.33 bits per heavy atom. The van der Waals surface area contributed by atoms with Gasteiger partial charge in [-0.15, -0.1) is 0 Å². The van der Waals surface area contributed by atoms with Crippen molar-refractivity contribution in [2.45, 2.75) is 19.3 Å². The van der Waals surface area contributed by atoms with Crippen molar-refractivity contribution in [2.24, 2.45) is 0 Å². The van der Waals surface area contributed by atoms with Crippen LogP contribution in [0.2, 0.25) is 0 Å². The summed E-state index contributed by atoms with van der Waals surface area (Å²) >= 11 is 2.92. The van der Waals surface area contributed by atoms with E-state index in [0.717, 1.165) is 0 Å². The number of aliphatic hydroxyl groups excluding tert-OH is 1. The summed E-state index contributed by atoms with van der Waals surface area (Å²) < 4.78 is 13.2. The molecule has 0 saturated carbocycles. The summed E-state index contributed by atoms with van der Waals surface area (Å²) in [6.07, 6.45) is 0. The number of phenols is 2. The Hall–Kier alpha value is -0.810. The summed E-state index contributed by atoms with van der Waals surface area (Å²) in [5, 5.41) is 28.0. The molecule has 0 bridgehead atoms. The van der Waals surface area contributed by atoms with E-state index in [-0.39, 0.29) is 16.6 Å². The molecule has 1 aromatic carbocycles. The van der Waals surface area contributed by atoms with E-state index in [1.807, 2.05) is 0 Å². The number of hydrogen-bond acceptors (Lipinski definition) is 3. The molecule has 0 aliphatic rings. The Bertz CT molecular complexity index is 391. The van der Waals surface area contributed by atoms with Crippen molar-refractivity contribution in [2.75, 3.05) is 6.61 Å². The largest absolute Gasteiger partial charge is 0.504 e. The first-order chi connectivity index (χ1) is 6.81. The predicted molar refractivity (Wildman–Crippen MR) is 57.5 cm³/mol. The lowest BCUT2D eigenvalue weighted by Gasteiger charge is -2.24. The molecule has 15 heavy (non-hydrogen) atoms. The van der Waals surface area contributed by atoms with Crippen molar-refractivity contribution in [1.82, 2.24) is 0 Å². The van der Waals surface area contributed by atoms with Crippen LogP contribution in [0.25, 0.3) is 0 Å². The highest BCUT2D eigenvalue weighted by Gasteiger charge is 2.27. The van der Waals surface area contributed by atoms with Gasteiger partial charge in [0.2, 0.25) is 0 Å². The van der Waals surface area contributed by atoms with E-state index in [2.05, 4.69) is 15.9 Å². The van der Waals surface area contributed by atoms with E-state index in [0.29, 0.717) is 0 Å². The topological polar surface area (TPSA) is 60.7 Å². The van der Waals surface area contributed by atoms with Gasteiger partial charge in [-0.3, -0.25) is 0 Å². The zero-order chi connectivity index (χ0) is 11.8. The van der Waals surface area contributed by atoms with Crippen LogP contribution in [0.3, 0.4) is 0 Å². The molecule has 0 saturated heterocycles. The van der Waals surface area contributed by atoms with Gasteiger partial charge in [0.15, 0.2) is 17.3 Å². The molecule has 0 heterocycles. The lowest BCUT2D eigenvalue weighted by Crippen LogP contribution is -2.22. The fourth-order valence-corrected chi connectivity index (χ4v) is 1.62. The van der Waals surface area contributed by atoms with Crippen LogP contribution >= 0.6 is 15.9 Å². The van der Waals surface area contributed by atoms with Gasteiger partial charge in [-0.2, -0.15) is 0 Å². The van der Waals surface area contributed by atoms with Crippen molar-refractivity contribution in [1.29, 1.82) is 0 Å². The first-order valence-electron chi connectivity index (χ1n) is 4.32. The van der Waals surface area contributed by atoms with E-state index < -0.39 is 22.7 Å².